The normalized spacial score (nSPS) is 21.2. The molecule has 0 aromatic heterocycles. The molecule has 0 atom stereocenters. The summed E-state index contributed by atoms with van der Waals surface area (Å²) in [6, 6.07) is 0. The Morgan fingerprint density at radius 2 is 1.11 bits per heavy atom. The molecule has 0 N–H and O–H groups in total. The molecule has 0 saturated heterocycles. The Labute approximate surface area is 122 Å². The SMILES string of the molecule is CCCCCCCCC1(C)CCCCCCCCC1. The first-order valence-corrected chi connectivity index (χ1v) is 9.27. The Kier molecular flexibility index (Phi) is 9.65. The lowest BCUT2D eigenvalue weighted by molar-refractivity contribution is 0.218. The van der Waals surface area contributed by atoms with E-state index in [1.807, 2.05) is 0 Å². The molecule has 0 aromatic carbocycles. The van der Waals surface area contributed by atoms with E-state index in [0.717, 1.165) is 0 Å². The van der Waals surface area contributed by atoms with Crippen molar-refractivity contribution in [3.63, 3.8) is 0 Å². The molecule has 0 unspecified atom stereocenters. The molecule has 1 aliphatic rings. The van der Waals surface area contributed by atoms with Gasteiger partial charge in [-0.1, -0.05) is 97.3 Å². The lowest BCUT2D eigenvalue weighted by Gasteiger charge is -2.31. The van der Waals surface area contributed by atoms with Crippen LogP contribution >= 0.6 is 0 Å². The molecule has 0 heteroatoms. The zero-order valence-corrected chi connectivity index (χ0v) is 13.8. The number of hydrogen-bond acceptors (Lipinski definition) is 0. The summed E-state index contributed by atoms with van der Waals surface area (Å²) in [7, 11) is 0. The molecule has 0 radical (unpaired) electrons. The minimum absolute atomic E-state index is 0.683. The first kappa shape index (κ1) is 17.1. The molecule has 0 heterocycles. The average molecular weight is 267 g/mol. The first-order chi connectivity index (χ1) is 9.27. The molecule has 1 aliphatic carbocycles. The van der Waals surface area contributed by atoms with E-state index in [1.165, 1.54) is 103 Å². The number of rotatable bonds is 7. The van der Waals surface area contributed by atoms with Crippen molar-refractivity contribution in [3.8, 4) is 0 Å². The van der Waals surface area contributed by atoms with Crippen molar-refractivity contribution in [1.82, 2.24) is 0 Å². The minimum atomic E-state index is 0.683. The molecule has 0 spiro atoms. The van der Waals surface area contributed by atoms with Gasteiger partial charge in [0.1, 0.15) is 0 Å². The van der Waals surface area contributed by atoms with Gasteiger partial charge in [0.25, 0.3) is 0 Å². The molecule has 0 amide bonds. The third-order valence-electron chi connectivity index (χ3n) is 5.19. The summed E-state index contributed by atoms with van der Waals surface area (Å²) in [6.07, 6.45) is 23.7. The van der Waals surface area contributed by atoms with Crippen molar-refractivity contribution in [2.75, 3.05) is 0 Å². The van der Waals surface area contributed by atoms with Gasteiger partial charge >= 0.3 is 0 Å². The standard InChI is InChI=1S/C19H38/c1-3-4-5-6-10-13-16-19(2)17-14-11-8-7-9-12-15-18-19/h3-18H2,1-2H3. The van der Waals surface area contributed by atoms with Crippen LogP contribution in [0.2, 0.25) is 0 Å². The quantitative estimate of drug-likeness (QED) is 0.425. The van der Waals surface area contributed by atoms with Crippen molar-refractivity contribution in [1.29, 1.82) is 0 Å². The predicted octanol–water partition coefficient (Wildman–Crippen LogP) is 7.27. The molecule has 114 valence electrons. The molecular formula is C19H38. The Morgan fingerprint density at radius 3 is 1.68 bits per heavy atom. The predicted molar refractivity (Wildman–Crippen MR) is 87.7 cm³/mol. The van der Waals surface area contributed by atoms with Crippen molar-refractivity contribution in [2.45, 2.75) is 117 Å². The summed E-state index contributed by atoms with van der Waals surface area (Å²) < 4.78 is 0. The van der Waals surface area contributed by atoms with Crippen molar-refractivity contribution >= 4 is 0 Å². The van der Waals surface area contributed by atoms with E-state index in [0.29, 0.717) is 5.41 Å². The van der Waals surface area contributed by atoms with Gasteiger partial charge in [-0.2, -0.15) is 0 Å². The van der Waals surface area contributed by atoms with Crippen molar-refractivity contribution in [3.05, 3.63) is 0 Å². The van der Waals surface area contributed by atoms with Gasteiger partial charge in [0.15, 0.2) is 0 Å². The van der Waals surface area contributed by atoms with Crippen LogP contribution in [0.3, 0.4) is 0 Å². The molecule has 0 nitrogen and oxygen atoms in total. The zero-order valence-electron chi connectivity index (χ0n) is 13.8. The van der Waals surface area contributed by atoms with Crippen LogP contribution in [-0.4, -0.2) is 0 Å². The van der Waals surface area contributed by atoms with Crippen LogP contribution < -0.4 is 0 Å². The first-order valence-electron chi connectivity index (χ1n) is 9.27. The van der Waals surface area contributed by atoms with Gasteiger partial charge in [-0.25, -0.2) is 0 Å². The highest BCUT2D eigenvalue weighted by Gasteiger charge is 2.23. The third kappa shape index (κ3) is 8.71. The van der Waals surface area contributed by atoms with Gasteiger partial charge in [-0.05, 0) is 24.7 Å². The Hall–Kier alpha value is 0. The van der Waals surface area contributed by atoms with Gasteiger partial charge in [0, 0.05) is 0 Å². The van der Waals surface area contributed by atoms with Gasteiger partial charge in [-0.3, -0.25) is 0 Å². The molecule has 1 rings (SSSR count). The molecule has 1 fully saturated rings. The van der Waals surface area contributed by atoms with Crippen LogP contribution in [0.5, 0.6) is 0 Å². The molecular weight excluding hydrogens is 228 g/mol. The fourth-order valence-corrected chi connectivity index (χ4v) is 3.69. The number of hydrogen-bond donors (Lipinski definition) is 0. The average Bonchev–Trinajstić information content (AvgIpc) is 2.41. The van der Waals surface area contributed by atoms with Crippen LogP contribution in [0.25, 0.3) is 0 Å². The fourth-order valence-electron chi connectivity index (χ4n) is 3.69. The van der Waals surface area contributed by atoms with Gasteiger partial charge in [0.05, 0.1) is 0 Å². The van der Waals surface area contributed by atoms with Crippen LogP contribution in [0.4, 0.5) is 0 Å². The fraction of sp³-hybridized carbons (Fsp3) is 1.00. The van der Waals surface area contributed by atoms with Gasteiger partial charge in [-0.15, -0.1) is 0 Å². The monoisotopic (exact) mass is 266 g/mol. The van der Waals surface area contributed by atoms with E-state index in [-0.39, 0.29) is 0 Å². The van der Waals surface area contributed by atoms with E-state index < -0.39 is 0 Å². The smallest absolute Gasteiger partial charge is 0.0326 e. The van der Waals surface area contributed by atoms with Crippen molar-refractivity contribution < 1.29 is 0 Å². The highest BCUT2D eigenvalue weighted by Crippen LogP contribution is 2.37. The molecule has 0 aromatic rings. The van der Waals surface area contributed by atoms with Crippen LogP contribution in [0, 0.1) is 5.41 Å². The lowest BCUT2D eigenvalue weighted by atomic mass is 9.75. The highest BCUT2D eigenvalue weighted by molar-refractivity contribution is 4.75. The highest BCUT2D eigenvalue weighted by atomic mass is 14.3. The summed E-state index contributed by atoms with van der Waals surface area (Å²) >= 11 is 0. The summed E-state index contributed by atoms with van der Waals surface area (Å²) in [6.45, 7) is 4.89. The number of unbranched alkanes of at least 4 members (excludes halogenated alkanes) is 5. The maximum atomic E-state index is 2.58. The van der Waals surface area contributed by atoms with Crippen LogP contribution in [-0.2, 0) is 0 Å². The second-order valence-electron chi connectivity index (χ2n) is 7.30. The summed E-state index contributed by atoms with van der Waals surface area (Å²) in [5.74, 6) is 0. The molecule has 0 aliphatic heterocycles. The largest absolute Gasteiger partial charge is 0.0654 e. The van der Waals surface area contributed by atoms with Crippen LogP contribution in [0.1, 0.15) is 117 Å². The second kappa shape index (κ2) is 10.7. The molecule has 1 saturated carbocycles. The van der Waals surface area contributed by atoms with Gasteiger partial charge in [0.2, 0.25) is 0 Å². The van der Waals surface area contributed by atoms with E-state index in [4.69, 9.17) is 0 Å². The van der Waals surface area contributed by atoms with E-state index in [9.17, 15) is 0 Å². The van der Waals surface area contributed by atoms with E-state index in [2.05, 4.69) is 13.8 Å². The maximum Gasteiger partial charge on any atom is -0.0326 e. The minimum Gasteiger partial charge on any atom is -0.0654 e. The maximum absolute atomic E-state index is 2.58. The molecule has 0 bridgehead atoms. The second-order valence-corrected chi connectivity index (χ2v) is 7.30. The summed E-state index contributed by atoms with van der Waals surface area (Å²) in [5.41, 5.74) is 0.683. The van der Waals surface area contributed by atoms with Crippen molar-refractivity contribution in [2.24, 2.45) is 5.41 Å². The third-order valence-corrected chi connectivity index (χ3v) is 5.19. The Bertz CT molecular complexity index is 184. The summed E-state index contributed by atoms with van der Waals surface area (Å²) in [4.78, 5) is 0. The summed E-state index contributed by atoms with van der Waals surface area (Å²) in [5, 5.41) is 0. The van der Waals surface area contributed by atoms with Crippen LogP contribution in [0.15, 0.2) is 0 Å². The molecule has 19 heavy (non-hydrogen) atoms. The van der Waals surface area contributed by atoms with Gasteiger partial charge < -0.3 is 0 Å². The Balaban J connectivity index is 2.17. The van der Waals surface area contributed by atoms with E-state index >= 15 is 0 Å². The lowest BCUT2D eigenvalue weighted by Crippen LogP contribution is -2.17. The Morgan fingerprint density at radius 1 is 0.632 bits per heavy atom. The topological polar surface area (TPSA) is 0 Å². The van der Waals surface area contributed by atoms with E-state index in [1.54, 1.807) is 0 Å². The zero-order chi connectivity index (χ0) is 13.8.